The van der Waals surface area contributed by atoms with E-state index in [1.165, 1.54) is 31.3 Å². The molecule has 1 atom stereocenters. The number of sulfonamides is 1. The van der Waals surface area contributed by atoms with Crippen LogP contribution in [0.1, 0.15) is 12.8 Å². The van der Waals surface area contributed by atoms with Crippen molar-refractivity contribution in [3.8, 4) is 0 Å². The molecule has 1 aliphatic heterocycles. The first-order valence-electron chi connectivity index (χ1n) is 7.11. The molecule has 0 radical (unpaired) electrons. The van der Waals surface area contributed by atoms with Gasteiger partial charge in [-0.3, -0.25) is 4.79 Å². The van der Waals surface area contributed by atoms with Crippen LogP contribution < -0.4 is 10.6 Å². The minimum Gasteiger partial charge on any atom is -0.351 e. The van der Waals surface area contributed by atoms with Gasteiger partial charge in [-0.05, 0) is 43.7 Å². The van der Waals surface area contributed by atoms with Crippen LogP contribution in [0.5, 0.6) is 0 Å². The molecule has 2 N–H and O–H groups in total. The van der Waals surface area contributed by atoms with Crippen molar-refractivity contribution < 1.29 is 13.2 Å². The molecule has 0 saturated carbocycles. The average molecular weight is 382 g/mol. The molecule has 1 aromatic rings. The third kappa shape index (κ3) is 5.61. The molecule has 0 aliphatic carbocycles. The molecule has 6 nitrogen and oxygen atoms in total. The Labute approximate surface area is 148 Å². The molecule has 9 heteroatoms. The van der Waals surface area contributed by atoms with E-state index in [-0.39, 0.29) is 35.8 Å². The van der Waals surface area contributed by atoms with E-state index in [9.17, 15) is 13.2 Å². The Morgan fingerprint density at radius 1 is 1.39 bits per heavy atom. The maximum Gasteiger partial charge on any atom is 0.243 e. The van der Waals surface area contributed by atoms with Crippen LogP contribution in [0, 0.1) is 0 Å². The first kappa shape index (κ1) is 20.2. The zero-order valence-corrected chi connectivity index (χ0v) is 15.2. The van der Waals surface area contributed by atoms with Gasteiger partial charge in [-0.15, -0.1) is 12.4 Å². The third-order valence-electron chi connectivity index (χ3n) is 3.55. The Kier molecular flexibility index (Phi) is 7.76. The Morgan fingerprint density at radius 3 is 2.61 bits per heavy atom. The van der Waals surface area contributed by atoms with Crippen LogP contribution in [0.15, 0.2) is 29.2 Å². The number of rotatable bonds is 5. The van der Waals surface area contributed by atoms with Crippen LogP contribution in [-0.2, 0) is 14.8 Å². The molecule has 23 heavy (non-hydrogen) atoms. The number of amides is 1. The monoisotopic (exact) mass is 381 g/mol. The fourth-order valence-corrected chi connectivity index (χ4v) is 3.58. The second kappa shape index (κ2) is 8.84. The summed E-state index contributed by atoms with van der Waals surface area (Å²) in [5, 5.41) is 6.51. The number of carbonyl (C=O) groups excluding carboxylic acids is 1. The number of benzene rings is 1. The quantitative estimate of drug-likeness (QED) is 0.804. The van der Waals surface area contributed by atoms with E-state index >= 15 is 0 Å². The van der Waals surface area contributed by atoms with E-state index in [1.54, 1.807) is 0 Å². The van der Waals surface area contributed by atoms with Crippen molar-refractivity contribution in [3.05, 3.63) is 29.3 Å². The first-order chi connectivity index (χ1) is 10.4. The first-order valence-corrected chi connectivity index (χ1v) is 8.93. The number of likely N-dealkylation sites (N-methyl/N-ethyl adjacent to an activating group) is 1. The molecule has 1 aromatic carbocycles. The molecule has 1 heterocycles. The zero-order chi connectivity index (χ0) is 16.2. The number of nitrogens with one attached hydrogen (secondary N) is 2. The lowest BCUT2D eigenvalue weighted by Gasteiger charge is -2.25. The molecule has 130 valence electrons. The number of halogens is 2. The highest BCUT2D eigenvalue weighted by Gasteiger charge is 2.24. The van der Waals surface area contributed by atoms with E-state index in [0.717, 1.165) is 30.2 Å². The number of hydrogen-bond donors (Lipinski definition) is 2. The predicted molar refractivity (Wildman–Crippen MR) is 92.6 cm³/mol. The van der Waals surface area contributed by atoms with Gasteiger partial charge < -0.3 is 10.6 Å². The Bertz CT molecular complexity index is 617. The van der Waals surface area contributed by atoms with Crippen molar-refractivity contribution in [1.29, 1.82) is 0 Å². The van der Waals surface area contributed by atoms with Gasteiger partial charge in [-0.2, -0.15) is 4.31 Å². The standard InChI is InChI=1S/C14H20ClN3O3S.ClH/c1-18(10-14(19)17-12-3-2-8-16-9-12)22(20,21)13-6-4-11(15)5-7-13;/h4-7,12,16H,2-3,8-10H2,1H3,(H,17,19);1H/t12-;/m0./s1. The van der Waals surface area contributed by atoms with Gasteiger partial charge in [0, 0.05) is 24.7 Å². The van der Waals surface area contributed by atoms with Gasteiger partial charge in [0.25, 0.3) is 0 Å². The van der Waals surface area contributed by atoms with Gasteiger partial charge in [0.05, 0.1) is 11.4 Å². The largest absolute Gasteiger partial charge is 0.351 e. The van der Waals surface area contributed by atoms with Crippen LogP contribution in [0.25, 0.3) is 0 Å². The number of piperidine rings is 1. The van der Waals surface area contributed by atoms with E-state index in [0.29, 0.717) is 5.02 Å². The smallest absolute Gasteiger partial charge is 0.243 e. The molecule has 1 amide bonds. The number of nitrogens with zero attached hydrogens (tertiary/aromatic N) is 1. The van der Waals surface area contributed by atoms with Crippen LogP contribution in [0.4, 0.5) is 0 Å². The minimum absolute atomic E-state index is 0. The summed E-state index contributed by atoms with van der Waals surface area (Å²) in [4.78, 5) is 12.1. The van der Waals surface area contributed by atoms with Crippen molar-refractivity contribution in [2.75, 3.05) is 26.7 Å². The van der Waals surface area contributed by atoms with Crippen molar-refractivity contribution in [1.82, 2.24) is 14.9 Å². The van der Waals surface area contributed by atoms with Crippen molar-refractivity contribution in [2.24, 2.45) is 0 Å². The van der Waals surface area contributed by atoms with Gasteiger partial charge in [0.15, 0.2) is 0 Å². The summed E-state index contributed by atoms with van der Waals surface area (Å²) < 4.78 is 25.8. The summed E-state index contributed by atoms with van der Waals surface area (Å²) in [5.41, 5.74) is 0. The average Bonchev–Trinajstić information content (AvgIpc) is 2.48. The molecule has 0 unspecified atom stereocenters. The van der Waals surface area contributed by atoms with E-state index in [4.69, 9.17) is 11.6 Å². The van der Waals surface area contributed by atoms with E-state index < -0.39 is 10.0 Å². The fourth-order valence-electron chi connectivity index (χ4n) is 2.32. The molecular weight excluding hydrogens is 361 g/mol. The lowest BCUT2D eigenvalue weighted by Crippen LogP contribution is -2.48. The predicted octanol–water partition coefficient (Wildman–Crippen LogP) is 1.25. The number of carbonyl (C=O) groups is 1. The summed E-state index contributed by atoms with van der Waals surface area (Å²) in [6, 6.07) is 5.94. The third-order valence-corrected chi connectivity index (χ3v) is 5.62. The van der Waals surface area contributed by atoms with Crippen molar-refractivity contribution in [2.45, 2.75) is 23.8 Å². The minimum atomic E-state index is -3.69. The molecule has 0 spiro atoms. The summed E-state index contributed by atoms with van der Waals surface area (Å²) >= 11 is 5.76. The maximum absolute atomic E-state index is 12.4. The summed E-state index contributed by atoms with van der Waals surface area (Å²) in [6.45, 7) is 1.47. The molecular formula is C14H21Cl2N3O3S. The Hall–Kier alpha value is -0.860. The molecule has 2 rings (SSSR count). The summed E-state index contributed by atoms with van der Waals surface area (Å²) in [6.07, 6.45) is 1.91. The Morgan fingerprint density at radius 2 is 2.04 bits per heavy atom. The second-order valence-electron chi connectivity index (χ2n) is 5.33. The molecule has 1 saturated heterocycles. The van der Waals surface area contributed by atoms with Gasteiger partial charge in [0.1, 0.15) is 0 Å². The molecule has 1 aliphatic rings. The van der Waals surface area contributed by atoms with Crippen LogP contribution in [-0.4, -0.2) is 51.4 Å². The van der Waals surface area contributed by atoms with Gasteiger partial charge in [-0.25, -0.2) is 8.42 Å². The van der Waals surface area contributed by atoms with Gasteiger partial charge in [0.2, 0.25) is 15.9 Å². The normalized spacial score (nSPS) is 18.3. The highest BCUT2D eigenvalue weighted by Crippen LogP contribution is 2.17. The molecule has 0 bridgehead atoms. The lowest BCUT2D eigenvalue weighted by molar-refractivity contribution is -0.121. The topological polar surface area (TPSA) is 78.5 Å². The summed E-state index contributed by atoms with van der Waals surface area (Å²) in [7, 11) is -2.30. The highest BCUT2D eigenvalue weighted by atomic mass is 35.5. The SMILES string of the molecule is CN(CC(=O)N[C@H]1CCCNC1)S(=O)(=O)c1ccc(Cl)cc1.Cl. The van der Waals surface area contributed by atoms with Gasteiger partial charge >= 0.3 is 0 Å². The molecule has 0 aromatic heterocycles. The number of hydrogen-bond acceptors (Lipinski definition) is 4. The highest BCUT2D eigenvalue weighted by molar-refractivity contribution is 7.89. The Balaban J connectivity index is 0.00000264. The van der Waals surface area contributed by atoms with Crippen LogP contribution >= 0.6 is 24.0 Å². The van der Waals surface area contributed by atoms with Crippen molar-refractivity contribution in [3.63, 3.8) is 0 Å². The van der Waals surface area contributed by atoms with Crippen LogP contribution in [0.2, 0.25) is 5.02 Å². The fraction of sp³-hybridized carbons (Fsp3) is 0.500. The van der Waals surface area contributed by atoms with E-state index in [2.05, 4.69) is 10.6 Å². The van der Waals surface area contributed by atoms with Gasteiger partial charge in [-0.1, -0.05) is 11.6 Å². The summed E-state index contributed by atoms with van der Waals surface area (Å²) in [5.74, 6) is -0.297. The van der Waals surface area contributed by atoms with Crippen molar-refractivity contribution >= 4 is 39.9 Å². The lowest BCUT2D eigenvalue weighted by atomic mass is 10.1. The maximum atomic E-state index is 12.4. The van der Waals surface area contributed by atoms with Crippen LogP contribution in [0.3, 0.4) is 0 Å². The van der Waals surface area contributed by atoms with E-state index in [1.807, 2.05) is 0 Å². The zero-order valence-electron chi connectivity index (χ0n) is 12.8. The second-order valence-corrected chi connectivity index (χ2v) is 7.81. The molecule has 1 fully saturated rings.